The SMILES string of the molecule is CCc1ccc2cc(CC)c(C)c(C)c2c1. The summed E-state index contributed by atoms with van der Waals surface area (Å²) in [4.78, 5) is 0. The molecule has 2 aromatic rings. The molecule has 0 spiro atoms. The normalized spacial score (nSPS) is 11.0. The summed E-state index contributed by atoms with van der Waals surface area (Å²) in [5.74, 6) is 0. The maximum atomic E-state index is 2.34. The van der Waals surface area contributed by atoms with Gasteiger partial charge in [0.25, 0.3) is 0 Å². The molecule has 0 heteroatoms. The average Bonchev–Trinajstić information content (AvgIpc) is 2.33. The Morgan fingerprint density at radius 1 is 0.875 bits per heavy atom. The molecule has 2 aromatic carbocycles. The molecule has 16 heavy (non-hydrogen) atoms. The van der Waals surface area contributed by atoms with Gasteiger partial charge < -0.3 is 0 Å². The van der Waals surface area contributed by atoms with E-state index in [2.05, 4.69) is 52.0 Å². The molecule has 2 rings (SSSR count). The van der Waals surface area contributed by atoms with Crippen LogP contribution in [0.15, 0.2) is 24.3 Å². The molecule has 0 aromatic heterocycles. The number of hydrogen-bond acceptors (Lipinski definition) is 0. The molecule has 0 amide bonds. The Kier molecular flexibility index (Phi) is 3.00. The van der Waals surface area contributed by atoms with E-state index in [0.717, 1.165) is 12.8 Å². The first-order chi connectivity index (χ1) is 7.67. The Morgan fingerprint density at radius 3 is 2.25 bits per heavy atom. The highest BCUT2D eigenvalue weighted by atomic mass is 14.1. The van der Waals surface area contributed by atoms with Gasteiger partial charge in [-0.1, -0.05) is 38.1 Å². The van der Waals surface area contributed by atoms with Crippen molar-refractivity contribution in [2.75, 3.05) is 0 Å². The van der Waals surface area contributed by atoms with Gasteiger partial charge in [-0.05, 0) is 59.7 Å². The van der Waals surface area contributed by atoms with Crippen molar-refractivity contribution in [3.05, 3.63) is 46.5 Å². The second kappa shape index (κ2) is 4.29. The molecular weight excluding hydrogens is 192 g/mol. The molecule has 0 N–H and O–H groups in total. The van der Waals surface area contributed by atoms with E-state index in [9.17, 15) is 0 Å². The van der Waals surface area contributed by atoms with Gasteiger partial charge in [-0.2, -0.15) is 0 Å². The van der Waals surface area contributed by atoms with E-state index in [1.54, 1.807) is 0 Å². The van der Waals surface area contributed by atoms with Crippen molar-refractivity contribution in [1.29, 1.82) is 0 Å². The third kappa shape index (κ3) is 1.73. The third-order valence-corrected chi connectivity index (χ3v) is 3.68. The first kappa shape index (κ1) is 11.2. The van der Waals surface area contributed by atoms with Crippen molar-refractivity contribution in [2.24, 2.45) is 0 Å². The molecule has 0 saturated carbocycles. The van der Waals surface area contributed by atoms with Crippen molar-refractivity contribution in [3.63, 3.8) is 0 Å². The Balaban J connectivity index is 2.77. The molecule has 0 aliphatic heterocycles. The van der Waals surface area contributed by atoms with Gasteiger partial charge in [-0.25, -0.2) is 0 Å². The van der Waals surface area contributed by atoms with Gasteiger partial charge in [0.05, 0.1) is 0 Å². The van der Waals surface area contributed by atoms with E-state index >= 15 is 0 Å². The molecule has 0 saturated heterocycles. The van der Waals surface area contributed by atoms with Gasteiger partial charge >= 0.3 is 0 Å². The lowest BCUT2D eigenvalue weighted by atomic mass is 9.93. The second-order valence-electron chi connectivity index (χ2n) is 4.55. The van der Waals surface area contributed by atoms with Crippen molar-refractivity contribution < 1.29 is 0 Å². The smallest absolute Gasteiger partial charge is 0.0149 e. The highest BCUT2D eigenvalue weighted by Crippen LogP contribution is 2.26. The summed E-state index contributed by atoms with van der Waals surface area (Å²) in [6.45, 7) is 8.93. The van der Waals surface area contributed by atoms with E-state index in [1.165, 1.54) is 33.0 Å². The minimum Gasteiger partial charge on any atom is -0.0613 e. The zero-order valence-electron chi connectivity index (χ0n) is 10.7. The van der Waals surface area contributed by atoms with Crippen LogP contribution in [0.2, 0.25) is 0 Å². The van der Waals surface area contributed by atoms with Crippen LogP contribution >= 0.6 is 0 Å². The summed E-state index contributed by atoms with van der Waals surface area (Å²) in [5.41, 5.74) is 5.82. The van der Waals surface area contributed by atoms with E-state index in [0.29, 0.717) is 0 Å². The van der Waals surface area contributed by atoms with Crippen molar-refractivity contribution >= 4 is 10.8 Å². The molecular formula is C16H20. The highest BCUT2D eigenvalue weighted by molar-refractivity contribution is 5.88. The Hall–Kier alpha value is -1.30. The summed E-state index contributed by atoms with van der Waals surface area (Å²) >= 11 is 0. The molecule has 0 atom stereocenters. The van der Waals surface area contributed by atoms with Gasteiger partial charge in [0.15, 0.2) is 0 Å². The standard InChI is InChI=1S/C16H20/c1-5-13-7-8-15-10-14(6-2)11(3)12(4)16(15)9-13/h7-10H,5-6H2,1-4H3. The van der Waals surface area contributed by atoms with Crippen molar-refractivity contribution in [1.82, 2.24) is 0 Å². The fraction of sp³-hybridized carbons (Fsp3) is 0.375. The van der Waals surface area contributed by atoms with Gasteiger partial charge in [-0.15, -0.1) is 0 Å². The zero-order chi connectivity index (χ0) is 11.7. The van der Waals surface area contributed by atoms with Crippen molar-refractivity contribution in [2.45, 2.75) is 40.5 Å². The summed E-state index contributed by atoms with van der Waals surface area (Å²) in [7, 11) is 0. The topological polar surface area (TPSA) is 0 Å². The predicted octanol–water partition coefficient (Wildman–Crippen LogP) is 4.58. The summed E-state index contributed by atoms with van der Waals surface area (Å²) in [5, 5.41) is 2.81. The molecule has 0 bridgehead atoms. The predicted molar refractivity (Wildman–Crippen MR) is 72.2 cm³/mol. The number of rotatable bonds is 2. The fourth-order valence-corrected chi connectivity index (χ4v) is 2.38. The van der Waals surface area contributed by atoms with Crippen LogP contribution in [0.5, 0.6) is 0 Å². The van der Waals surface area contributed by atoms with Crippen LogP contribution in [0.25, 0.3) is 10.8 Å². The average molecular weight is 212 g/mol. The van der Waals surface area contributed by atoms with E-state index < -0.39 is 0 Å². The van der Waals surface area contributed by atoms with Crippen LogP contribution in [0, 0.1) is 13.8 Å². The largest absolute Gasteiger partial charge is 0.0613 e. The summed E-state index contributed by atoms with van der Waals surface area (Å²) in [6.07, 6.45) is 2.24. The Labute approximate surface area is 98.3 Å². The second-order valence-corrected chi connectivity index (χ2v) is 4.55. The summed E-state index contributed by atoms with van der Waals surface area (Å²) in [6, 6.07) is 9.20. The van der Waals surface area contributed by atoms with Crippen LogP contribution in [0.3, 0.4) is 0 Å². The molecule has 84 valence electrons. The molecule has 0 unspecified atom stereocenters. The summed E-state index contributed by atoms with van der Waals surface area (Å²) < 4.78 is 0. The minimum absolute atomic E-state index is 1.12. The van der Waals surface area contributed by atoms with Gasteiger partial charge in [-0.3, -0.25) is 0 Å². The lowest BCUT2D eigenvalue weighted by Gasteiger charge is -2.12. The monoisotopic (exact) mass is 212 g/mol. The first-order valence-corrected chi connectivity index (χ1v) is 6.19. The Morgan fingerprint density at radius 2 is 1.62 bits per heavy atom. The fourth-order valence-electron chi connectivity index (χ4n) is 2.38. The van der Waals surface area contributed by atoms with Crippen LogP contribution in [0.1, 0.15) is 36.1 Å². The maximum absolute atomic E-state index is 2.34. The van der Waals surface area contributed by atoms with E-state index in [4.69, 9.17) is 0 Å². The molecule has 0 heterocycles. The lowest BCUT2D eigenvalue weighted by molar-refractivity contribution is 1.10. The van der Waals surface area contributed by atoms with Gasteiger partial charge in [0.1, 0.15) is 0 Å². The van der Waals surface area contributed by atoms with Crippen LogP contribution in [-0.4, -0.2) is 0 Å². The molecule has 0 aliphatic rings. The van der Waals surface area contributed by atoms with Crippen LogP contribution < -0.4 is 0 Å². The number of aryl methyl sites for hydroxylation is 3. The molecule has 0 aliphatic carbocycles. The Bertz CT molecular complexity index is 521. The van der Waals surface area contributed by atoms with Gasteiger partial charge in [0, 0.05) is 0 Å². The van der Waals surface area contributed by atoms with Crippen molar-refractivity contribution in [3.8, 4) is 0 Å². The third-order valence-electron chi connectivity index (χ3n) is 3.68. The zero-order valence-corrected chi connectivity index (χ0v) is 10.7. The number of hydrogen-bond donors (Lipinski definition) is 0. The lowest BCUT2D eigenvalue weighted by Crippen LogP contribution is -1.93. The molecule has 0 radical (unpaired) electrons. The minimum atomic E-state index is 1.12. The number of benzene rings is 2. The van der Waals surface area contributed by atoms with E-state index in [-0.39, 0.29) is 0 Å². The maximum Gasteiger partial charge on any atom is -0.0149 e. The first-order valence-electron chi connectivity index (χ1n) is 6.19. The van der Waals surface area contributed by atoms with E-state index in [1.807, 2.05) is 0 Å². The highest BCUT2D eigenvalue weighted by Gasteiger charge is 2.05. The van der Waals surface area contributed by atoms with Gasteiger partial charge in [0.2, 0.25) is 0 Å². The molecule has 0 nitrogen and oxygen atoms in total. The number of fused-ring (bicyclic) bond motifs is 1. The quantitative estimate of drug-likeness (QED) is 0.683. The van der Waals surface area contributed by atoms with Crippen LogP contribution in [-0.2, 0) is 12.8 Å². The van der Waals surface area contributed by atoms with Crippen LogP contribution in [0.4, 0.5) is 0 Å². The molecule has 0 fully saturated rings.